The quantitative estimate of drug-likeness (QED) is 0.851. The van der Waals surface area contributed by atoms with E-state index in [2.05, 4.69) is 5.32 Å². The largest absolute Gasteiger partial charge is 0.497 e. The highest BCUT2D eigenvalue weighted by molar-refractivity contribution is 5.94. The lowest BCUT2D eigenvalue weighted by Gasteiger charge is -2.20. The predicted octanol–water partition coefficient (Wildman–Crippen LogP) is 2.72. The molecule has 2 amide bonds. The van der Waals surface area contributed by atoms with Crippen molar-refractivity contribution < 1.29 is 14.3 Å². The third kappa shape index (κ3) is 5.43. The second-order valence-electron chi connectivity index (χ2n) is 5.45. The van der Waals surface area contributed by atoms with Crippen LogP contribution in [0.5, 0.6) is 5.75 Å². The summed E-state index contributed by atoms with van der Waals surface area (Å²) in [5, 5.41) is 2.79. The van der Waals surface area contributed by atoms with E-state index in [0.717, 1.165) is 17.7 Å². The monoisotopic (exact) mass is 326 g/mol. The zero-order chi connectivity index (χ0) is 17.4. The van der Waals surface area contributed by atoms with Gasteiger partial charge in [-0.05, 0) is 36.2 Å². The average molecular weight is 326 g/mol. The molecule has 1 N–H and O–H groups in total. The number of rotatable bonds is 7. The molecule has 5 heteroatoms. The molecule has 0 fully saturated rings. The third-order valence-corrected chi connectivity index (χ3v) is 3.67. The summed E-state index contributed by atoms with van der Waals surface area (Å²) in [6.45, 7) is 2.02. The second kappa shape index (κ2) is 8.72. The van der Waals surface area contributed by atoms with Gasteiger partial charge in [0.05, 0.1) is 13.7 Å². The smallest absolute Gasteiger partial charge is 0.243 e. The van der Waals surface area contributed by atoms with Gasteiger partial charge in [-0.1, -0.05) is 30.3 Å². The van der Waals surface area contributed by atoms with E-state index in [-0.39, 0.29) is 18.4 Å². The second-order valence-corrected chi connectivity index (χ2v) is 5.45. The van der Waals surface area contributed by atoms with Crippen LogP contribution in [-0.2, 0) is 16.0 Å². The number of hydrogen-bond acceptors (Lipinski definition) is 3. The van der Waals surface area contributed by atoms with Gasteiger partial charge in [0.25, 0.3) is 0 Å². The lowest BCUT2D eigenvalue weighted by molar-refractivity contribution is -0.132. The lowest BCUT2D eigenvalue weighted by Crippen LogP contribution is -2.37. The fourth-order valence-electron chi connectivity index (χ4n) is 2.30. The number of nitrogens with one attached hydrogen (secondary N) is 1. The number of amides is 2. The number of carbonyl (C=O) groups is 2. The minimum atomic E-state index is -0.219. The first kappa shape index (κ1) is 17.5. The molecule has 5 nitrogen and oxygen atoms in total. The number of anilines is 1. The van der Waals surface area contributed by atoms with Crippen LogP contribution in [0.15, 0.2) is 54.6 Å². The van der Waals surface area contributed by atoms with Crippen molar-refractivity contribution in [1.29, 1.82) is 0 Å². The van der Waals surface area contributed by atoms with E-state index >= 15 is 0 Å². The fraction of sp³-hybridized carbons (Fsp3) is 0.263. The molecule has 0 saturated heterocycles. The molecule has 24 heavy (non-hydrogen) atoms. The Morgan fingerprint density at radius 3 is 2.29 bits per heavy atom. The number of nitrogens with zero attached hydrogens (tertiary/aromatic N) is 1. The molecule has 0 aromatic heterocycles. The standard InChI is InChI=1S/C19H22N2O3/c1-15(22)21(13-12-16-6-4-3-5-7-16)14-19(23)20-17-8-10-18(24-2)11-9-17/h3-11H,12-14H2,1-2H3,(H,20,23). The van der Waals surface area contributed by atoms with Crippen molar-refractivity contribution in [1.82, 2.24) is 4.90 Å². The van der Waals surface area contributed by atoms with Gasteiger partial charge in [0.15, 0.2) is 0 Å². The zero-order valence-electron chi connectivity index (χ0n) is 14.0. The van der Waals surface area contributed by atoms with Gasteiger partial charge >= 0.3 is 0 Å². The molecule has 0 saturated carbocycles. The van der Waals surface area contributed by atoms with Crippen LogP contribution < -0.4 is 10.1 Å². The van der Waals surface area contributed by atoms with Crippen LogP contribution in [0.25, 0.3) is 0 Å². The maximum Gasteiger partial charge on any atom is 0.243 e. The predicted molar refractivity (Wildman–Crippen MR) is 94.0 cm³/mol. The lowest BCUT2D eigenvalue weighted by atomic mass is 10.1. The molecule has 2 aromatic rings. The van der Waals surface area contributed by atoms with E-state index < -0.39 is 0 Å². The number of methoxy groups -OCH3 is 1. The Hall–Kier alpha value is -2.82. The van der Waals surface area contributed by atoms with Crippen LogP contribution in [-0.4, -0.2) is 36.9 Å². The first-order valence-electron chi connectivity index (χ1n) is 7.82. The minimum Gasteiger partial charge on any atom is -0.497 e. The Morgan fingerprint density at radius 1 is 1.04 bits per heavy atom. The van der Waals surface area contributed by atoms with Crippen molar-refractivity contribution in [2.75, 3.05) is 25.5 Å². The van der Waals surface area contributed by atoms with Crippen LogP contribution >= 0.6 is 0 Å². The van der Waals surface area contributed by atoms with Crippen LogP contribution in [0.2, 0.25) is 0 Å². The maximum atomic E-state index is 12.2. The number of hydrogen-bond donors (Lipinski definition) is 1. The third-order valence-electron chi connectivity index (χ3n) is 3.67. The summed E-state index contributed by atoms with van der Waals surface area (Å²) in [4.78, 5) is 25.5. The van der Waals surface area contributed by atoms with Crippen molar-refractivity contribution >= 4 is 17.5 Å². The Bertz CT molecular complexity index is 669. The van der Waals surface area contributed by atoms with Crippen molar-refractivity contribution in [2.24, 2.45) is 0 Å². The Morgan fingerprint density at radius 2 is 1.71 bits per heavy atom. The first-order valence-corrected chi connectivity index (χ1v) is 7.82. The summed E-state index contributed by atoms with van der Waals surface area (Å²) < 4.78 is 5.08. The summed E-state index contributed by atoms with van der Waals surface area (Å²) in [5.74, 6) is 0.389. The van der Waals surface area contributed by atoms with Gasteiger partial charge in [0.1, 0.15) is 5.75 Å². The zero-order valence-corrected chi connectivity index (χ0v) is 14.0. The molecule has 2 aromatic carbocycles. The molecule has 0 bridgehead atoms. The summed E-state index contributed by atoms with van der Waals surface area (Å²) >= 11 is 0. The molecular formula is C19H22N2O3. The topological polar surface area (TPSA) is 58.6 Å². The molecule has 126 valence electrons. The highest BCUT2D eigenvalue weighted by atomic mass is 16.5. The average Bonchev–Trinajstić information content (AvgIpc) is 2.60. The Kier molecular flexibility index (Phi) is 6.37. The van der Waals surface area contributed by atoms with Gasteiger partial charge in [0.2, 0.25) is 11.8 Å². The van der Waals surface area contributed by atoms with Crippen LogP contribution in [0.3, 0.4) is 0 Å². The highest BCUT2D eigenvalue weighted by Gasteiger charge is 2.13. The van der Waals surface area contributed by atoms with E-state index in [9.17, 15) is 9.59 Å². The van der Waals surface area contributed by atoms with E-state index in [0.29, 0.717) is 12.2 Å². The molecule has 0 spiro atoms. The number of ether oxygens (including phenoxy) is 1. The summed E-state index contributed by atoms with van der Waals surface area (Å²) in [6.07, 6.45) is 0.718. The van der Waals surface area contributed by atoms with Crippen LogP contribution in [0.4, 0.5) is 5.69 Å². The molecule has 0 heterocycles. The first-order chi connectivity index (χ1) is 11.6. The SMILES string of the molecule is COc1ccc(NC(=O)CN(CCc2ccccc2)C(C)=O)cc1. The van der Waals surface area contributed by atoms with E-state index in [1.807, 2.05) is 30.3 Å². The van der Waals surface area contributed by atoms with Gasteiger partial charge in [-0.25, -0.2) is 0 Å². The summed E-state index contributed by atoms with van der Waals surface area (Å²) in [7, 11) is 1.59. The molecule has 0 unspecified atom stereocenters. The van der Waals surface area contributed by atoms with Gasteiger partial charge in [-0.15, -0.1) is 0 Å². The number of benzene rings is 2. The normalized spacial score (nSPS) is 10.1. The minimum absolute atomic E-state index is 0.0359. The van der Waals surface area contributed by atoms with Gasteiger partial charge in [0, 0.05) is 19.2 Å². The molecule has 0 radical (unpaired) electrons. The van der Waals surface area contributed by atoms with E-state index in [1.54, 1.807) is 36.3 Å². The Balaban J connectivity index is 1.89. The van der Waals surface area contributed by atoms with Crippen molar-refractivity contribution in [3.63, 3.8) is 0 Å². The van der Waals surface area contributed by atoms with Crippen molar-refractivity contribution in [3.8, 4) is 5.75 Å². The van der Waals surface area contributed by atoms with Gasteiger partial charge in [-0.3, -0.25) is 9.59 Å². The molecular weight excluding hydrogens is 304 g/mol. The fourth-order valence-corrected chi connectivity index (χ4v) is 2.30. The molecule has 0 aliphatic rings. The van der Waals surface area contributed by atoms with E-state index in [4.69, 9.17) is 4.74 Å². The molecule has 0 aliphatic carbocycles. The van der Waals surface area contributed by atoms with Crippen molar-refractivity contribution in [2.45, 2.75) is 13.3 Å². The number of carbonyl (C=O) groups excluding carboxylic acids is 2. The van der Waals surface area contributed by atoms with Gasteiger partial charge < -0.3 is 15.0 Å². The van der Waals surface area contributed by atoms with Crippen LogP contribution in [0, 0.1) is 0 Å². The summed E-state index contributed by atoms with van der Waals surface area (Å²) in [5.41, 5.74) is 1.81. The maximum absolute atomic E-state index is 12.2. The molecule has 0 aliphatic heterocycles. The summed E-state index contributed by atoms with van der Waals surface area (Å²) in [6, 6.07) is 17.0. The van der Waals surface area contributed by atoms with E-state index in [1.165, 1.54) is 6.92 Å². The Labute approximate surface area is 142 Å². The van der Waals surface area contributed by atoms with Crippen molar-refractivity contribution in [3.05, 3.63) is 60.2 Å². The highest BCUT2D eigenvalue weighted by Crippen LogP contribution is 2.15. The molecule has 0 atom stereocenters. The molecule has 2 rings (SSSR count). The van der Waals surface area contributed by atoms with Crippen LogP contribution in [0.1, 0.15) is 12.5 Å². The van der Waals surface area contributed by atoms with Gasteiger partial charge in [-0.2, -0.15) is 0 Å².